The van der Waals surface area contributed by atoms with Gasteiger partial charge in [-0.05, 0) is 60.6 Å². The first-order chi connectivity index (χ1) is 16.6. The normalized spacial score (nSPS) is 18.5. The Labute approximate surface area is 216 Å². The van der Waals surface area contributed by atoms with Gasteiger partial charge in [0, 0.05) is 36.2 Å². The third-order valence-corrected chi connectivity index (χ3v) is 9.15. The summed E-state index contributed by atoms with van der Waals surface area (Å²) in [6.45, 7) is 6.93. The van der Waals surface area contributed by atoms with E-state index >= 15 is 0 Å². The van der Waals surface area contributed by atoms with E-state index in [0.717, 1.165) is 5.56 Å². The number of hydrogen-bond acceptors (Lipinski definition) is 4. The molecule has 0 aliphatic carbocycles. The molecule has 0 aromatic heterocycles. The maximum atomic E-state index is 13.8. The molecular weight excluding hydrogens is 530 g/mol. The number of piperidine rings is 1. The molecule has 0 bridgehead atoms. The van der Waals surface area contributed by atoms with E-state index in [0.29, 0.717) is 60.5 Å². The van der Waals surface area contributed by atoms with Crippen molar-refractivity contribution in [3.63, 3.8) is 0 Å². The van der Waals surface area contributed by atoms with Crippen molar-refractivity contribution >= 4 is 49.1 Å². The minimum absolute atomic E-state index is 0.0955. The monoisotopic (exact) mass is 561 g/mol. The molecule has 1 saturated heterocycles. The van der Waals surface area contributed by atoms with Gasteiger partial charge in [0.2, 0.25) is 21.8 Å². The lowest BCUT2D eigenvalue weighted by atomic mass is 9.98. The molecule has 2 aliphatic rings. The summed E-state index contributed by atoms with van der Waals surface area (Å²) in [5, 5.41) is 2.95. The Morgan fingerprint density at radius 3 is 2.51 bits per heavy atom. The highest BCUT2D eigenvalue weighted by Gasteiger charge is 2.38. The first-order valence-corrected chi connectivity index (χ1v) is 14.4. The number of carbonyl (C=O) groups is 2. The number of nitrogens with zero attached hydrogens (tertiary/aromatic N) is 2. The molecule has 4 rings (SSSR count). The molecule has 2 aromatic rings. The number of benzene rings is 2. The fraction of sp³-hybridized carbons (Fsp3) is 0.462. The number of halogens is 1. The van der Waals surface area contributed by atoms with Gasteiger partial charge in [0.15, 0.2) is 0 Å². The SMILES string of the molecule is CCC(=O)N1CCc2cc(Br)cc(S(=O)(=O)N3CCC[C@H](C(=O)Nc4ccc(C(C)C)cc4)C3)c21. The lowest BCUT2D eigenvalue weighted by Gasteiger charge is -2.32. The van der Waals surface area contributed by atoms with Gasteiger partial charge in [-0.25, -0.2) is 8.42 Å². The lowest BCUT2D eigenvalue weighted by molar-refractivity contribution is -0.121. The zero-order chi connectivity index (χ0) is 25.3. The smallest absolute Gasteiger partial charge is 0.245 e. The van der Waals surface area contributed by atoms with Crippen LogP contribution in [0.15, 0.2) is 45.8 Å². The van der Waals surface area contributed by atoms with Crippen molar-refractivity contribution in [3.05, 3.63) is 52.0 Å². The van der Waals surface area contributed by atoms with Crippen molar-refractivity contribution in [3.8, 4) is 0 Å². The van der Waals surface area contributed by atoms with Crippen molar-refractivity contribution in [1.82, 2.24) is 4.31 Å². The highest BCUT2D eigenvalue weighted by molar-refractivity contribution is 9.10. The van der Waals surface area contributed by atoms with Crippen LogP contribution in [-0.2, 0) is 26.0 Å². The van der Waals surface area contributed by atoms with Crippen LogP contribution in [0.4, 0.5) is 11.4 Å². The van der Waals surface area contributed by atoms with Crippen molar-refractivity contribution in [2.45, 2.75) is 57.3 Å². The van der Waals surface area contributed by atoms with Gasteiger partial charge in [-0.2, -0.15) is 4.31 Å². The molecule has 7 nitrogen and oxygen atoms in total. The molecule has 1 atom stereocenters. The number of anilines is 2. The Kier molecular flexibility index (Phi) is 7.68. The third-order valence-electron chi connectivity index (χ3n) is 6.81. The molecule has 1 N–H and O–H groups in total. The van der Waals surface area contributed by atoms with E-state index in [-0.39, 0.29) is 23.3 Å². The summed E-state index contributed by atoms with van der Waals surface area (Å²) in [5.74, 6) is -0.317. The molecule has 2 heterocycles. The number of rotatable bonds is 6. The molecular formula is C26H32BrN3O4S. The van der Waals surface area contributed by atoms with Crippen LogP contribution in [0.3, 0.4) is 0 Å². The number of nitrogens with one attached hydrogen (secondary N) is 1. The molecule has 188 valence electrons. The highest BCUT2D eigenvalue weighted by atomic mass is 79.9. The Balaban J connectivity index is 1.56. The number of sulfonamides is 1. The number of amides is 2. The average Bonchev–Trinajstić information content (AvgIpc) is 3.27. The second kappa shape index (κ2) is 10.4. The summed E-state index contributed by atoms with van der Waals surface area (Å²) in [4.78, 5) is 27.3. The van der Waals surface area contributed by atoms with E-state index < -0.39 is 15.9 Å². The summed E-state index contributed by atoms with van der Waals surface area (Å²) in [7, 11) is -3.91. The van der Waals surface area contributed by atoms with E-state index in [1.54, 1.807) is 17.9 Å². The van der Waals surface area contributed by atoms with Crippen LogP contribution in [0, 0.1) is 5.92 Å². The van der Waals surface area contributed by atoms with Gasteiger partial charge in [0.05, 0.1) is 11.6 Å². The third kappa shape index (κ3) is 5.32. The maximum absolute atomic E-state index is 13.8. The minimum atomic E-state index is -3.91. The Bertz CT molecular complexity index is 1230. The van der Waals surface area contributed by atoms with Crippen LogP contribution in [0.1, 0.15) is 57.1 Å². The van der Waals surface area contributed by atoms with Crippen molar-refractivity contribution in [1.29, 1.82) is 0 Å². The summed E-state index contributed by atoms with van der Waals surface area (Å²) in [6.07, 6.45) is 2.14. The van der Waals surface area contributed by atoms with Crippen molar-refractivity contribution < 1.29 is 18.0 Å². The summed E-state index contributed by atoms with van der Waals surface area (Å²) in [6, 6.07) is 11.2. The van der Waals surface area contributed by atoms with Crippen LogP contribution < -0.4 is 10.2 Å². The molecule has 0 spiro atoms. The molecule has 9 heteroatoms. The zero-order valence-corrected chi connectivity index (χ0v) is 22.8. The van der Waals surface area contributed by atoms with Crippen LogP contribution in [0.2, 0.25) is 0 Å². The van der Waals surface area contributed by atoms with E-state index in [1.165, 1.54) is 9.87 Å². The number of fused-ring (bicyclic) bond motifs is 1. The second-order valence-corrected chi connectivity index (χ2v) is 12.4. The standard InChI is InChI=1S/C26H32BrN3O4S/c1-4-24(31)30-13-11-19-14-21(27)15-23(25(19)30)35(33,34)29-12-5-6-20(16-29)26(32)28-22-9-7-18(8-10-22)17(2)3/h7-10,14-15,17,20H,4-6,11-13,16H2,1-3H3,(H,28,32)/t20-/m0/s1. The highest BCUT2D eigenvalue weighted by Crippen LogP contribution is 2.40. The second-order valence-electron chi connectivity index (χ2n) is 9.53. The molecule has 0 unspecified atom stereocenters. The largest absolute Gasteiger partial charge is 0.326 e. The Hall–Kier alpha value is -2.23. The van der Waals surface area contributed by atoms with Crippen LogP contribution in [0.25, 0.3) is 0 Å². The topological polar surface area (TPSA) is 86.8 Å². The molecule has 35 heavy (non-hydrogen) atoms. The molecule has 2 aliphatic heterocycles. The number of carbonyl (C=O) groups excluding carboxylic acids is 2. The Morgan fingerprint density at radius 2 is 1.86 bits per heavy atom. The first kappa shape index (κ1) is 25.9. The molecule has 0 radical (unpaired) electrons. The van der Waals surface area contributed by atoms with Crippen molar-refractivity contribution in [2.24, 2.45) is 5.92 Å². The predicted octanol–water partition coefficient (Wildman–Crippen LogP) is 4.91. The average molecular weight is 563 g/mol. The minimum Gasteiger partial charge on any atom is -0.326 e. The van der Waals surface area contributed by atoms with E-state index in [1.807, 2.05) is 30.3 Å². The summed E-state index contributed by atoms with van der Waals surface area (Å²) >= 11 is 3.44. The van der Waals surface area contributed by atoms with Gasteiger partial charge >= 0.3 is 0 Å². The van der Waals surface area contributed by atoms with Gasteiger partial charge in [-0.1, -0.05) is 48.8 Å². The van der Waals surface area contributed by atoms with Gasteiger partial charge in [0.25, 0.3) is 0 Å². The van der Waals surface area contributed by atoms with Crippen LogP contribution in [-0.4, -0.2) is 44.2 Å². The van der Waals surface area contributed by atoms with Gasteiger partial charge < -0.3 is 10.2 Å². The summed E-state index contributed by atoms with van der Waals surface area (Å²) < 4.78 is 29.7. The quantitative estimate of drug-likeness (QED) is 0.542. The molecule has 2 amide bonds. The fourth-order valence-electron chi connectivity index (χ4n) is 4.82. The van der Waals surface area contributed by atoms with Gasteiger partial charge in [-0.3, -0.25) is 9.59 Å². The van der Waals surface area contributed by atoms with Crippen LogP contribution in [0.5, 0.6) is 0 Å². The maximum Gasteiger partial charge on any atom is 0.245 e. The van der Waals surface area contributed by atoms with E-state index in [2.05, 4.69) is 35.1 Å². The lowest BCUT2D eigenvalue weighted by Crippen LogP contribution is -2.44. The number of hydrogen-bond donors (Lipinski definition) is 1. The van der Waals surface area contributed by atoms with E-state index in [9.17, 15) is 18.0 Å². The first-order valence-electron chi connectivity index (χ1n) is 12.2. The van der Waals surface area contributed by atoms with Gasteiger partial charge in [-0.15, -0.1) is 0 Å². The van der Waals surface area contributed by atoms with Crippen molar-refractivity contribution in [2.75, 3.05) is 29.9 Å². The van der Waals surface area contributed by atoms with Crippen LogP contribution >= 0.6 is 15.9 Å². The van der Waals surface area contributed by atoms with Gasteiger partial charge in [0.1, 0.15) is 4.90 Å². The molecule has 1 fully saturated rings. The summed E-state index contributed by atoms with van der Waals surface area (Å²) in [5.41, 5.74) is 3.22. The Morgan fingerprint density at radius 1 is 1.14 bits per heavy atom. The fourth-order valence-corrected chi connectivity index (χ4v) is 7.26. The van der Waals surface area contributed by atoms with E-state index in [4.69, 9.17) is 0 Å². The zero-order valence-electron chi connectivity index (χ0n) is 20.4. The predicted molar refractivity (Wildman–Crippen MR) is 141 cm³/mol. The molecule has 0 saturated carbocycles. The molecule has 2 aromatic carbocycles.